The van der Waals surface area contributed by atoms with Crippen LogP contribution in [0.2, 0.25) is 0 Å². The second kappa shape index (κ2) is 11.3. The van der Waals surface area contributed by atoms with E-state index in [1.165, 1.54) is 12.1 Å². The van der Waals surface area contributed by atoms with Gasteiger partial charge in [0.2, 0.25) is 0 Å². The molecule has 3 aromatic carbocycles. The van der Waals surface area contributed by atoms with E-state index in [9.17, 15) is 19.8 Å². The van der Waals surface area contributed by atoms with Crippen LogP contribution in [0.3, 0.4) is 0 Å². The van der Waals surface area contributed by atoms with Crippen LogP contribution in [0.1, 0.15) is 45.7 Å². The molecule has 0 amide bonds. The van der Waals surface area contributed by atoms with Gasteiger partial charge in [-0.1, -0.05) is 74.5 Å². The zero-order chi connectivity index (χ0) is 21.9. The third kappa shape index (κ3) is 6.10. The van der Waals surface area contributed by atoms with E-state index in [4.69, 9.17) is 9.47 Å². The van der Waals surface area contributed by atoms with Crippen LogP contribution in [0.15, 0.2) is 72.8 Å². The smallest absolute Gasteiger partial charge is 0.339 e. The number of aromatic carboxylic acids is 2. The Hall–Kier alpha value is -3.80. The van der Waals surface area contributed by atoms with E-state index < -0.39 is 11.9 Å². The maximum absolute atomic E-state index is 11.7. The number of hydrogen-bond acceptors (Lipinski definition) is 4. The van der Waals surface area contributed by atoms with Crippen LogP contribution in [-0.2, 0) is 13.2 Å². The first-order valence-corrected chi connectivity index (χ1v) is 9.52. The van der Waals surface area contributed by atoms with Crippen molar-refractivity contribution >= 4 is 11.9 Å². The summed E-state index contributed by atoms with van der Waals surface area (Å²) < 4.78 is 11.2. The first kappa shape index (κ1) is 22.5. The van der Waals surface area contributed by atoms with Gasteiger partial charge < -0.3 is 19.7 Å². The van der Waals surface area contributed by atoms with Gasteiger partial charge in [-0.25, -0.2) is 9.59 Å². The molecule has 30 heavy (non-hydrogen) atoms. The number of carboxylic acid groups (broad SMARTS) is 2. The molecule has 0 aliphatic heterocycles. The van der Waals surface area contributed by atoms with E-state index in [0.29, 0.717) is 0 Å². The van der Waals surface area contributed by atoms with Gasteiger partial charge in [0, 0.05) is 0 Å². The third-order valence-electron chi connectivity index (χ3n) is 4.00. The van der Waals surface area contributed by atoms with Crippen molar-refractivity contribution in [1.82, 2.24) is 0 Å². The number of carbonyl (C=O) groups is 2. The minimum atomic E-state index is -1.30. The lowest BCUT2D eigenvalue weighted by Gasteiger charge is -2.15. The second-order valence-corrected chi connectivity index (χ2v) is 6.01. The molecule has 3 aromatic rings. The van der Waals surface area contributed by atoms with Crippen molar-refractivity contribution in [3.05, 3.63) is 95.1 Å². The zero-order valence-corrected chi connectivity index (χ0v) is 16.9. The summed E-state index contributed by atoms with van der Waals surface area (Å²) in [6.07, 6.45) is 0. The Morgan fingerprint density at radius 2 is 1.10 bits per heavy atom. The Morgan fingerprint density at radius 1 is 0.700 bits per heavy atom. The number of benzene rings is 3. The van der Waals surface area contributed by atoms with Gasteiger partial charge in [-0.3, -0.25) is 0 Å². The van der Waals surface area contributed by atoms with E-state index in [1.54, 1.807) is 12.1 Å². The number of rotatable bonds is 8. The quantitative estimate of drug-likeness (QED) is 0.528. The molecular weight excluding hydrogens is 384 g/mol. The van der Waals surface area contributed by atoms with Crippen LogP contribution in [0.5, 0.6) is 11.5 Å². The van der Waals surface area contributed by atoms with E-state index in [2.05, 4.69) is 0 Å². The van der Waals surface area contributed by atoms with Crippen molar-refractivity contribution in [2.75, 3.05) is 0 Å². The van der Waals surface area contributed by atoms with Crippen LogP contribution >= 0.6 is 0 Å². The highest BCUT2D eigenvalue weighted by atomic mass is 16.5. The summed E-state index contributed by atoms with van der Waals surface area (Å²) >= 11 is 0. The van der Waals surface area contributed by atoms with E-state index in [-0.39, 0.29) is 35.8 Å². The molecule has 0 aromatic heterocycles. The maximum atomic E-state index is 11.7. The highest BCUT2D eigenvalue weighted by molar-refractivity contribution is 5.99. The van der Waals surface area contributed by atoms with Crippen LogP contribution in [0.4, 0.5) is 0 Å². The Bertz CT molecular complexity index is 932. The zero-order valence-electron chi connectivity index (χ0n) is 16.9. The van der Waals surface area contributed by atoms with Crippen molar-refractivity contribution in [3.63, 3.8) is 0 Å². The van der Waals surface area contributed by atoms with Gasteiger partial charge in [0.25, 0.3) is 0 Å². The molecule has 2 N–H and O–H groups in total. The Labute approximate surface area is 175 Å². The molecule has 3 rings (SSSR count). The van der Waals surface area contributed by atoms with Gasteiger partial charge in [0.1, 0.15) is 35.8 Å². The van der Waals surface area contributed by atoms with Gasteiger partial charge in [-0.05, 0) is 23.3 Å². The average molecular weight is 408 g/mol. The standard InChI is InChI=1S/C22H18O6.C2H6/c23-21(24)18-11-17(27-13-15-7-3-1-4-8-15)12-19(22(25)26)20(18)28-14-16-9-5-2-6-10-16;1-2/h1-12H,13-14H2,(H,23,24)(H,25,26);1-2H3. The molecule has 156 valence electrons. The number of hydrogen-bond donors (Lipinski definition) is 2. The highest BCUT2D eigenvalue weighted by Crippen LogP contribution is 2.31. The number of carboxylic acids is 2. The van der Waals surface area contributed by atoms with Gasteiger partial charge in [-0.15, -0.1) is 0 Å². The molecule has 0 aliphatic carbocycles. The van der Waals surface area contributed by atoms with Crippen molar-refractivity contribution in [2.24, 2.45) is 0 Å². The summed E-state index contributed by atoms with van der Waals surface area (Å²) in [5, 5.41) is 19.1. The lowest BCUT2D eigenvalue weighted by atomic mass is 10.1. The molecule has 0 atom stereocenters. The Balaban J connectivity index is 0.00000155. The second-order valence-electron chi connectivity index (χ2n) is 6.01. The van der Waals surface area contributed by atoms with Crippen molar-refractivity contribution < 1.29 is 29.3 Å². The minimum absolute atomic E-state index is 0.0472. The Morgan fingerprint density at radius 3 is 1.50 bits per heavy atom. The number of ether oxygens (including phenoxy) is 2. The molecule has 0 unspecified atom stereocenters. The molecule has 6 heteroatoms. The van der Waals surface area contributed by atoms with Crippen molar-refractivity contribution in [3.8, 4) is 11.5 Å². The van der Waals surface area contributed by atoms with E-state index in [0.717, 1.165) is 11.1 Å². The normalized spacial score (nSPS) is 9.80. The molecule has 0 spiro atoms. The molecule has 0 bridgehead atoms. The molecule has 0 saturated carbocycles. The predicted molar refractivity (Wildman–Crippen MR) is 113 cm³/mol. The van der Waals surface area contributed by atoms with Crippen molar-refractivity contribution in [1.29, 1.82) is 0 Å². The van der Waals surface area contributed by atoms with Gasteiger partial charge in [0.15, 0.2) is 0 Å². The molecule has 0 heterocycles. The monoisotopic (exact) mass is 408 g/mol. The lowest BCUT2D eigenvalue weighted by Crippen LogP contribution is -2.10. The summed E-state index contributed by atoms with van der Waals surface area (Å²) in [7, 11) is 0. The van der Waals surface area contributed by atoms with Gasteiger partial charge >= 0.3 is 11.9 Å². The fourth-order valence-electron chi connectivity index (χ4n) is 2.63. The first-order chi connectivity index (χ1) is 14.5. The van der Waals surface area contributed by atoms with E-state index in [1.807, 2.05) is 62.4 Å². The maximum Gasteiger partial charge on any atom is 0.339 e. The largest absolute Gasteiger partial charge is 0.489 e. The van der Waals surface area contributed by atoms with Crippen LogP contribution < -0.4 is 9.47 Å². The molecule has 6 nitrogen and oxygen atoms in total. The predicted octanol–water partition coefficient (Wildman–Crippen LogP) is 5.27. The minimum Gasteiger partial charge on any atom is -0.489 e. The van der Waals surface area contributed by atoms with Crippen LogP contribution in [0.25, 0.3) is 0 Å². The molecule has 0 fully saturated rings. The fraction of sp³-hybridized carbons (Fsp3) is 0.167. The summed E-state index contributed by atoms with van der Waals surface area (Å²) in [5.41, 5.74) is 1.14. The Kier molecular flexibility index (Phi) is 8.44. The SMILES string of the molecule is CC.O=C(O)c1cc(OCc2ccccc2)cc(C(=O)O)c1OCc1ccccc1. The topological polar surface area (TPSA) is 93.1 Å². The molecule has 0 aliphatic rings. The molecular formula is C24H24O6. The summed E-state index contributed by atoms with van der Waals surface area (Å²) in [6, 6.07) is 20.9. The lowest BCUT2D eigenvalue weighted by molar-refractivity contribution is 0.0686. The molecule has 0 radical (unpaired) electrons. The highest BCUT2D eigenvalue weighted by Gasteiger charge is 2.22. The third-order valence-corrected chi connectivity index (χ3v) is 4.00. The summed E-state index contributed by atoms with van der Waals surface area (Å²) in [6.45, 7) is 4.23. The van der Waals surface area contributed by atoms with Crippen molar-refractivity contribution in [2.45, 2.75) is 27.1 Å². The van der Waals surface area contributed by atoms with Gasteiger partial charge in [0.05, 0.1) is 0 Å². The van der Waals surface area contributed by atoms with Gasteiger partial charge in [-0.2, -0.15) is 0 Å². The van der Waals surface area contributed by atoms with Crippen LogP contribution in [-0.4, -0.2) is 22.2 Å². The summed E-state index contributed by atoms with van der Waals surface area (Å²) in [4.78, 5) is 23.4. The van der Waals surface area contributed by atoms with Crippen LogP contribution in [0, 0.1) is 0 Å². The fourth-order valence-corrected chi connectivity index (χ4v) is 2.63. The first-order valence-electron chi connectivity index (χ1n) is 9.52. The average Bonchev–Trinajstić information content (AvgIpc) is 2.78. The summed E-state index contributed by atoms with van der Waals surface area (Å²) in [5.74, 6) is -2.65. The van der Waals surface area contributed by atoms with E-state index >= 15 is 0 Å². The molecule has 0 saturated heterocycles.